The molecule has 290 valence electrons. The number of carbonyl (C=O) groups excluding carboxylic acids is 2. The molecule has 17 heteroatoms. The molecule has 1 aliphatic rings. The topological polar surface area (TPSA) is 217 Å². The van der Waals surface area contributed by atoms with Gasteiger partial charge in [-0.2, -0.15) is 0 Å². The maximum Gasteiger partial charge on any atom is 0.519 e. The summed E-state index contributed by atoms with van der Waals surface area (Å²) in [6.07, 6.45) is 5.14. The van der Waals surface area contributed by atoms with Crippen LogP contribution in [0.1, 0.15) is 85.4 Å². The molecule has 0 spiro atoms. The molecule has 6 rings (SSSR count). The number of fused-ring (bicyclic) bond motifs is 1. The fourth-order valence-corrected chi connectivity index (χ4v) is 6.95. The van der Waals surface area contributed by atoms with Crippen LogP contribution in [0.15, 0.2) is 50.7 Å². The van der Waals surface area contributed by atoms with Crippen molar-refractivity contribution in [1.82, 2.24) is 19.1 Å². The van der Waals surface area contributed by atoms with E-state index in [-0.39, 0.29) is 54.5 Å². The number of aliphatic hydroxyl groups excluding tert-OH is 1. The second-order valence-corrected chi connectivity index (χ2v) is 14.2. The number of hydrogen-bond donors (Lipinski definition) is 1. The van der Waals surface area contributed by atoms with Gasteiger partial charge in [-0.1, -0.05) is 25.8 Å². The van der Waals surface area contributed by atoms with Gasteiger partial charge in [0.1, 0.15) is 48.6 Å². The summed E-state index contributed by atoms with van der Waals surface area (Å²) >= 11 is 0. The number of aliphatic hydroxyl groups is 1. The van der Waals surface area contributed by atoms with E-state index in [1.165, 1.54) is 13.3 Å². The summed E-state index contributed by atoms with van der Waals surface area (Å²) in [6.45, 7) is 13.1. The molecule has 0 radical (unpaired) electrons. The van der Waals surface area contributed by atoms with Gasteiger partial charge in [0.05, 0.1) is 19.3 Å². The Balaban J connectivity index is 1.28. The minimum atomic E-state index is -1.71. The van der Waals surface area contributed by atoms with Crippen molar-refractivity contribution in [2.45, 2.75) is 105 Å². The number of hydrogen-bond acceptors (Lipinski definition) is 15. The molecule has 1 saturated heterocycles. The molecule has 1 aliphatic heterocycles. The van der Waals surface area contributed by atoms with Crippen LogP contribution < -0.4 is 21.9 Å². The predicted molar refractivity (Wildman–Crippen MR) is 191 cm³/mol. The summed E-state index contributed by atoms with van der Waals surface area (Å²) in [6, 6.07) is 3.69. The molecule has 0 amide bonds. The molecule has 5 aromatic rings. The van der Waals surface area contributed by atoms with E-state index >= 15 is 0 Å². The first-order chi connectivity index (χ1) is 25.9. The van der Waals surface area contributed by atoms with E-state index in [9.17, 15) is 24.3 Å². The van der Waals surface area contributed by atoms with Crippen molar-refractivity contribution in [3.63, 3.8) is 0 Å². The molecule has 0 aliphatic carbocycles. The second kappa shape index (κ2) is 14.7. The Labute approximate surface area is 313 Å². The minimum Gasteiger partial charge on any atom is -0.461 e. The molecular weight excluding hydrogens is 718 g/mol. The smallest absolute Gasteiger partial charge is 0.461 e. The normalized spacial score (nSPS) is 18.9. The fourth-order valence-electron chi connectivity index (χ4n) is 6.95. The zero-order chi connectivity index (χ0) is 40.0. The summed E-state index contributed by atoms with van der Waals surface area (Å²) < 4.78 is 41.1. The lowest BCUT2D eigenvalue weighted by atomic mass is 9.78. The Bertz CT molecular complexity index is 2540. The van der Waals surface area contributed by atoms with Gasteiger partial charge in [0.2, 0.25) is 0 Å². The van der Waals surface area contributed by atoms with Crippen LogP contribution in [0.5, 0.6) is 5.75 Å². The highest BCUT2D eigenvalue weighted by Gasteiger charge is 2.49. The molecule has 5 heterocycles. The van der Waals surface area contributed by atoms with E-state index in [4.69, 9.17) is 48.3 Å². The van der Waals surface area contributed by atoms with Crippen LogP contribution >= 0.6 is 0 Å². The van der Waals surface area contributed by atoms with E-state index in [2.05, 4.69) is 10.9 Å². The van der Waals surface area contributed by atoms with Crippen LogP contribution in [-0.2, 0) is 37.6 Å². The van der Waals surface area contributed by atoms with E-state index in [1.807, 2.05) is 33.8 Å². The van der Waals surface area contributed by atoms with Crippen molar-refractivity contribution in [2.24, 2.45) is 4.99 Å². The maximum absolute atomic E-state index is 13.4. The fraction of sp³-hybridized carbons (Fsp3) is 0.447. The number of benzene rings is 1. The Morgan fingerprint density at radius 2 is 1.75 bits per heavy atom. The van der Waals surface area contributed by atoms with Gasteiger partial charge in [0, 0.05) is 24.3 Å². The van der Waals surface area contributed by atoms with Gasteiger partial charge in [-0.05, 0) is 51.8 Å². The summed E-state index contributed by atoms with van der Waals surface area (Å²) in [7, 11) is 0. The van der Waals surface area contributed by atoms with Gasteiger partial charge >= 0.3 is 23.6 Å². The van der Waals surface area contributed by atoms with Gasteiger partial charge in [-0.15, -0.1) is 6.42 Å². The lowest BCUT2D eigenvalue weighted by Gasteiger charge is -2.30. The van der Waals surface area contributed by atoms with Crippen molar-refractivity contribution < 1.29 is 46.6 Å². The molecule has 4 aromatic heterocycles. The van der Waals surface area contributed by atoms with Crippen molar-refractivity contribution in [3.05, 3.63) is 90.7 Å². The van der Waals surface area contributed by atoms with Gasteiger partial charge in [-0.25, -0.2) is 19.6 Å². The van der Waals surface area contributed by atoms with Crippen LogP contribution in [0.2, 0.25) is 0 Å². The molecule has 1 fully saturated rings. The van der Waals surface area contributed by atoms with Gasteiger partial charge in [0.25, 0.3) is 0 Å². The summed E-state index contributed by atoms with van der Waals surface area (Å²) in [5.74, 6) is 1.41. The number of nitrogens with zero attached hydrogens (tertiary/aromatic N) is 5. The maximum atomic E-state index is 13.4. The first kappa shape index (κ1) is 38.7. The third kappa shape index (κ3) is 7.68. The SMILES string of the molecule is C#C[C@]1(COC(=O)CC(C)(C)c2c(C)cc(C)cc2OC(C)=O)O[C@@H](n2cnc3/c(=N/Cc4oc(=O)oc4C)n(Cc4oc(=O)oc4C)c(C)nc32)C[C@@H]1O. The number of imidazole rings is 1. The van der Waals surface area contributed by atoms with Crippen LogP contribution in [0.25, 0.3) is 11.2 Å². The summed E-state index contributed by atoms with van der Waals surface area (Å²) in [4.78, 5) is 62.8. The van der Waals surface area contributed by atoms with Gasteiger partial charge < -0.3 is 41.6 Å². The van der Waals surface area contributed by atoms with Crippen molar-refractivity contribution in [1.29, 1.82) is 0 Å². The number of aromatic nitrogens is 4. The monoisotopic (exact) mass is 759 g/mol. The molecule has 0 unspecified atom stereocenters. The molecule has 55 heavy (non-hydrogen) atoms. The van der Waals surface area contributed by atoms with E-state index in [0.29, 0.717) is 28.3 Å². The number of esters is 2. The average molecular weight is 760 g/mol. The van der Waals surface area contributed by atoms with Crippen LogP contribution in [0, 0.1) is 47.0 Å². The first-order valence-electron chi connectivity index (χ1n) is 17.3. The predicted octanol–water partition coefficient (Wildman–Crippen LogP) is 3.50. The van der Waals surface area contributed by atoms with Crippen LogP contribution in [0.3, 0.4) is 0 Å². The molecule has 1 N–H and O–H groups in total. The molecule has 0 bridgehead atoms. The largest absolute Gasteiger partial charge is 0.519 e. The standard InChI is InChI=1S/C38H41N5O12/c1-10-38(17-49-30(46)14-37(8,9)31-20(3)11-19(2)12-25(31)52-24(7)44)28(45)13-29(55-38)43-18-40-32-33(39-15-26-21(4)50-35(47)53-26)42(23(6)41-34(32)43)16-27-22(5)51-36(48)54-27/h1,11-12,18,28-29,45H,13-17H2,2-9H3/b39-33-/t28-,29+,38+/m0/s1. The highest BCUT2D eigenvalue weighted by Crippen LogP contribution is 2.40. The molecular formula is C38H41N5O12. The van der Waals surface area contributed by atoms with Crippen LogP contribution in [0.4, 0.5) is 0 Å². The number of ether oxygens (including phenoxy) is 3. The highest BCUT2D eigenvalue weighted by molar-refractivity contribution is 5.74. The van der Waals surface area contributed by atoms with E-state index < -0.39 is 53.5 Å². The molecule has 3 atom stereocenters. The zero-order valence-corrected chi connectivity index (χ0v) is 31.7. The number of carbonyl (C=O) groups is 2. The van der Waals surface area contributed by atoms with Gasteiger partial charge in [0.15, 0.2) is 33.8 Å². The van der Waals surface area contributed by atoms with Crippen molar-refractivity contribution in [3.8, 4) is 18.1 Å². The second-order valence-electron chi connectivity index (χ2n) is 14.2. The van der Waals surface area contributed by atoms with E-state index in [1.54, 1.807) is 36.0 Å². The van der Waals surface area contributed by atoms with Crippen molar-refractivity contribution >= 4 is 23.1 Å². The third-order valence-electron chi connectivity index (χ3n) is 9.51. The Kier molecular flexibility index (Phi) is 10.3. The average Bonchev–Trinajstić information content (AvgIpc) is 3.82. The Morgan fingerprint density at radius 3 is 2.36 bits per heavy atom. The lowest BCUT2D eigenvalue weighted by Crippen LogP contribution is -2.43. The quantitative estimate of drug-likeness (QED) is 0.116. The number of aryl methyl sites for hydroxylation is 5. The highest BCUT2D eigenvalue weighted by atomic mass is 16.6. The summed E-state index contributed by atoms with van der Waals surface area (Å²) in [5, 5.41) is 11.3. The van der Waals surface area contributed by atoms with Crippen molar-refractivity contribution in [2.75, 3.05) is 6.61 Å². The Hall–Kier alpha value is -5.99. The zero-order valence-electron chi connectivity index (χ0n) is 31.7. The Morgan fingerprint density at radius 1 is 1.07 bits per heavy atom. The van der Waals surface area contributed by atoms with Gasteiger partial charge in [-0.3, -0.25) is 19.1 Å². The van der Waals surface area contributed by atoms with Crippen LogP contribution in [-0.4, -0.2) is 54.5 Å². The molecule has 17 nitrogen and oxygen atoms in total. The molecule has 0 saturated carbocycles. The molecule has 1 aromatic carbocycles. The number of rotatable bonds is 11. The first-order valence-corrected chi connectivity index (χ1v) is 17.3. The third-order valence-corrected chi connectivity index (χ3v) is 9.51. The van der Waals surface area contributed by atoms with E-state index in [0.717, 1.165) is 11.1 Å². The minimum absolute atomic E-state index is 0.00191. The lowest BCUT2D eigenvalue weighted by molar-refractivity contribution is -0.157. The number of terminal acetylenes is 1. The summed E-state index contributed by atoms with van der Waals surface area (Å²) in [5.41, 5.74) is 0.780.